The van der Waals surface area contributed by atoms with Crippen LogP contribution in [0.15, 0.2) is 32.7 Å². The maximum atomic E-state index is 11.6. The minimum absolute atomic E-state index is 0.196. The molecule has 2 aromatic heterocycles. The van der Waals surface area contributed by atoms with Crippen molar-refractivity contribution in [1.82, 2.24) is 4.37 Å². The summed E-state index contributed by atoms with van der Waals surface area (Å²) in [6.07, 6.45) is 1.46. The summed E-state index contributed by atoms with van der Waals surface area (Å²) < 4.78 is 9.60. The van der Waals surface area contributed by atoms with Crippen molar-refractivity contribution >= 4 is 33.2 Å². The molecule has 0 fully saturated rings. The Kier molecular flexibility index (Phi) is 2.28. The molecule has 13 heavy (non-hydrogen) atoms. The Morgan fingerprint density at radius 1 is 1.54 bits per heavy atom. The molecule has 5 heteroatoms. The molecule has 0 atom stereocenters. The molecule has 0 aliphatic rings. The predicted octanol–water partition coefficient (Wildman–Crippen LogP) is 2.73. The Morgan fingerprint density at radius 3 is 2.92 bits per heavy atom. The standard InChI is InChI=1S/C8H4BrNO2S/c9-5-1-3-12-8(5)7(11)6-2-4-13-10-6/h1-4H. The smallest absolute Gasteiger partial charge is 0.248 e. The Labute approximate surface area is 86.7 Å². The fourth-order valence-corrected chi connectivity index (χ4v) is 1.79. The lowest BCUT2D eigenvalue weighted by atomic mass is 10.2. The molecule has 0 saturated carbocycles. The van der Waals surface area contributed by atoms with Crippen molar-refractivity contribution in [2.75, 3.05) is 0 Å². The van der Waals surface area contributed by atoms with Crippen molar-refractivity contribution in [1.29, 1.82) is 0 Å². The number of hydrogen-bond donors (Lipinski definition) is 0. The number of furan rings is 1. The van der Waals surface area contributed by atoms with E-state index in [2.05, 4.69) is 20.3 Å². The van der Waals surface area contributed by atoms with E-state index in [4.69, 9.17) is 4.42 Å². The van der Waals surface area contributed by atoms with Gasteiger partial charge in [0, 0.05) is 5.38 Å². The van der Waals surface area contributed by atoms with E-state index in [1.54, 1.807) is 17.5 Å². The fraction of sp³-hybridized carbons (Fsp3) is 0. The van der Waals surface area contributed by atoms with Gasteiger partial charge in [0.1, 0.15) is 5.69 Å². The molecule has 66 valence electrons. The molecule has 0 aliphatic carbocycles. The van der Waals surface area contributed by atoms with Crippen LogP contribution in [0.1, 0.15) is 16.2 Å². The van der Waals surface area contributed by atoms with E-state index < -0.39 is 0 Å². The van der Waals surface area contributed by atoms with Crippen LogP contribution in [-0.2, 0) is 0 Å². The number of aromatic nitrogens is 1. The molecule has 2 rings (SSSR count). The zero-order chi connectivity index (χ0) is 9.26. The Hall–Kier alpha value is -0.940. The van der Waals surface area contributed by atoms with Gasteiger partial charge in [-0.25, -0.2) is 0 Å². The van der Waals surface area contributed by atoms with Crippen LogP contribution < -0.4 is 0 Å². The zero-order valence-corrected chi connectivity index (χ0v) is 8.76. The summed E-state index contributed by atoms with van der Waals surface area (Å²) in [6, 6.07) is 3.35. The van der Waals surface area contributed by atoms with Crippen LogP contribution in [0.4, 0.5) is 0 Å². The molecule has 3 nitrogen and oxygen atoms in total. The summed E-state index contributed by atoms with van der Waals surface area (Å²) in [6.45, 7) is 0. The molecule has 0 spiro atoms. The van der Waals surface area contributed by atoms with Crippen LogP contribution >= 0.6 is 27.5 Å². The largest absolute Gasteiger partial charge is 0.460 e. The first-order chi connectivity index (χ1) is 6.29. The van der Waals surface area contributed by atoms with Gasteiger partial charge in [-0.15, -0.1) is 0 Å². The molecular weight excluding hydrogens is 254 g/mol. The van der Waals surface area contributed by atoms with Crippen molar-refractivity contribution in [2.45, 2.75) is 0 Å². The van der Waals surface area contributed by atoms with Crippen LogP contribution in [-0.4, -0.2) is 10.2 Å². The third-order valence-electron chi connectivity index (χ3n) is 1.49. The van der Waals surface area contributed by atoms with Gasteiger partial charge in [-0.3, -0.25) is 4.79 Å². The molecule has 0 aliphatic heterocycles. The van der Waals surface area contributed by atoms with Crippen molar-refractivity contribution in [3.8, 4) is 0 Å². The average molecular weight is 258 g/mol. The first-order valence-corrected chi connectivity index (χ1v) is 5.10. The number of rotatable bonds is 2. The second kappa shape index (κ2) is 3.43. The van der Waals surface area contributed by atoms with Gasteiger partial charge in [-0.2, -0.15) is 4.37 Å². The van der Waals surface area contributed by atoms with Crippen molar-refractivity contribution < 1.29 is 9.21 Å². The minimum atomic E-state index is -0.196. The summed E-state index contributed by atoms with van der Waals surface area (Å²) >= 11 is 4.46. The molecule has 0 unspecified atom stereocenters. The van der Waals surface area contributed by atoms with Gasteiger partial charge in [0.15, 0.2) is 5.76 Å². The van der Waals surface area contributed by atoms with Gasteiger partial charge >= 0.3 is 0 Å². The SMILES string of the molecule is O=C(c1ccsn1)c1occc1Br. The average Bonchev–Trinajstić information content (AvgIpc) is 2.72. The highest BCUT2D eigenvalue weighted by molar-refractivity contribution is 9.10. The number of halogens is 1. The van der Waals surface area contributed by atoms with Crippen LogP contribution in [0.2, 0.25) is 0 Å². The second-order valence-electron chi connectivity index (χ2n) is 2.31. The molecule has 2 aromatic rings. The molecule has 0 saturated heterocycles. The molecule has 0 radical (unpaired) electrons. The molecule has 0 N–H and O–H groups in total. The van der Waals surface area contributed by atoms with Crippen molar-refractivity contribution in [2.24, 2.45) is 0 Å². The summed E-state index contributed by atoms with van der Waals surface area (Å²) in [5, 5.41) is 1.75. The number of carbonyl (C=O) groups is 1. The van der Waals surface area contributed by atoms with Crippen molar-refractivity contribution in [3.63, 3.8) is 0 Å². The lowest BCUT2D eigenvalue weighted by Gasteiger charge is -1.91. The third kappa shape index (κ3) is 1.57. The van der Waals surface area contributed by atoms with E-state index in [0.717, 1.165) is 0 Å². The van der Waals surface area contributed by atoms with E-state index in [9.17, 15) is 4.79 Å². The summed E-state index contributed by atoms with van der Waals surface area (Å²) in [5.74, 6) is 0.101. The minimum Gasteiger partial charge on any atom is -0.460 e. The Morgan fingerprint density at radius 2 is 2.38 bits per heavy atom. The van der Waals surface area contributed by atoms with E-state index in [-0.39, 0.29) is 5.78 Å². The normalized spacial score (nSPS) is 10.2. The number of hydrogen-bond acceptors (Lipinski definition) is 4. The van der Waals surface area contributed by atoms with E-state index in [0.29, 0.717) is 15.9 Å². The summed E-state index contributed by atoms with van der Waals surface area (Å²) in [7, 11) is 0. The highest BCUT2D eigenvalue weighted by atomic mass is 79.9. The van der Waals surface area contributed by atoms with Gasteiger partial charge in [0.25, 0.3) is 0 Å². The second-order valence-corrected chi connectivity index (χ2v) is 3.83. The molecule has 0 bridgehead atoms. The first kappa shape index (κ1) is 8.65. The lowest BCUT2D eigenvalue weighted by Crippen LogP contribution is -1.99. The summed E-state index contributed by atoms with van der Waals surface area (Å²) in [5.41, 5.74) is 0.417. The topological polar surface area (TPSA) is 43.1 Å². The molecule has 0 aromatic carbocycles. The van der Waals surface area contributed by atoms with Crippen LogP contribution in [0, 0.1) is 0 Å². The number of ketones is 1. The Balaban J connectivity index is 2.39. The van der Waals surface area contributed by atoms with Crippen LogP contribution in [0.25, 0.3) is 0 Å². The van der Waals surface area contributed by atoms with Gasteiger partial charge in [0.2, 0.25) is 5.78 Å². The lowest BCUT2D eigenvalue weighted by molar-refractivity contribution is 0.100. The fourth-order valence-electron chi connectivity index (χ4n) is 0.902. The first-order valence-electron chi connectivity index (χ1n) is 3.47. The molecular formula is C8H4BrNO2S. The number of nitrogens with zero attached hydrogens (tertiary/aromatic N) is 1. The van der Waals surface area contributed by atoms with Gasteiger partial charge in [-0.05, 0) is 39.6 Å². The monoisotopic (exact) mass is 257 g/mol. The predicted molar refractivity (Wildman–Crippen MR) is 52.0 cm³/mol. The molecule has 0 amide bonds. The van der Waals surface area contributed by atoms with Crippen LogP contribution in [0.5, 0.6) is 0 Å². The maximum Gasteiger partial charge on any atom is 0.248 e. The van der Waals surface area contributed by atoms with Gasteiger partial charge in [-0.1, -0.05) is 0 Å². The van der Waals surface area contributed by atoms with E-state index >= 15 is 0 Å². The zero-order valence-electron chi connectivity index (χ0n) is 6.36. The van der Waals surface area contributed by atoms with Gasteiger partial charge < -0.3 is 4.42 Å². The third-order valence-corrected chi connectivity index (χ3v) is 2.68. The maximum absolute atomic E-state index is 11.6. The molecule has 2 heterocycles. The summed E-state index contributed by atoms with van der Waals surface area (Å²) in [4.78, 5) is 11.6. The Bertz CT molecular complexity index is 421. The van der Waals surface area contributed by atoms with Crippen molar-refractivity contribution in [3.05, 3.63) is 39.7 Å². The van der Waals surface area contributed by atoms with E-state index in [1.165, 1.54) is 17.8 Å². The number of carbonyl (C=O) groups excluding carboxylic acids is 1. The highest BCUT2D eigenvalue weighted by Gasteiger charge is 2.17. The highest BCUT2D eigenvalue weighted by Crippen LogP contribution is 2.20. The van der Waals surface area contributed by atoms with E-state index in [1.807, 2.05) is 0 Å². The van der Waals surface area contributed by atoms with Gasteiger partial charge in [0.05, 0.1) is 10.7 Å². The van der Waals surface area contributed by atoms with Crippen LogP contribution in [0.3, 0.4) is 0 Å². The quantitative estimate of drug-likeness (QED) is 0.778.